The normalized spacial score (nSPS) is 24.4. The maximum Gasteiger partial charge on any atom is 0.164 e. The van der Waals surface area contributed by atoms with Gasteiger partial charge < -0.3 is 4.90 Å². The number of rotatable bonds is 4. The molecule has 2 rings (SSSR count). The average molecular weight is 280 g/mol. The van der Waals surface area contributed by atoms with Gasteiger partial charge in [-0.3, -0.25) is 4.79 Å². The molecule has 0 radical (unpaired) electrons. The zero-order valence-corrected chi connectivity index (χ0v) is 12.5. The summed E-state index contributed by atoms with van der Waals surface area (Å²) in [5.41, 5.74) is 0.767. The second-order valence-electron chi connectivity index (χ2n) is 5.72. The van der Waals surface area contributed by atoms with E-state index in [0.717, 1.165) is 37.0 Å². The van der Waals surface area contributed by atoms with Gasteiger partial charge in [0.15, 0.2) is 5.78 Å². The Bertz CT molecular complexity index is 429. The molecule has 0 amide bonds. The van der Waals surface area contributed by atoms with Crippen LogP contribution in [-0.4, -0.2) is 30.3 Å². The number of nitrogens with zero attached hydrogens (tertiary/aromatic N) is 1. The van der Waals surface area contributed by atoms with E-state index in [1.54, 1.807) is 12.1 Å². The van der Waals surface area contributed by atoms with Gasteiger partial charge in [0.1, 0.15) is 0 Å². The maximum atomic E-state index is 12.1. The summed E-state index contributed by atoms with van der Waals surface area (Å²) in [5, 5.41) is 0.676. The zero-order valence-electron chi connectivity index (χ0n) is 11.7. The second-order valence-corrected chi connectivity index (χ2v) is 6.16. The number of halogens is 1. The third-order valence-electron chi connectivity index (χ3n) is 4.24. The van der Waals surface area contributed by atoms with Crippen LogP contribution in [0.2, 0.25) is 5.02 Å². The van der Waals surface area contributed by atoms with E-state index in [2.05, 4.69) is 18.7 Å². The molecule has 1 aromatic rings. The van der Waals surface area contributed by atoms with Crippen LogP contribution in [0.25, 0.3) is 0 Å². The molecule has 1 heterocycles. The number of hydrogen-bond acceptors (Lipinski definition) is 2. The molecule has 0 bridgehead atoms. The first kappa shape index (κ1) is 14.5. The highest BCUT2D eigenvalue weighted by Gasteiger charge is 2.22. The number of Topliss-reactive ketones (excluding diaryl/α,β-unsaturated/α-hetero) is 1. The lowest BCUT2D eigenvalue weighted by Gasteiger charge is -2.35. The number of carbonyl (C=O) groups is 1. The SMILES string of the molecule is CC1CCN(CCC(=O)c2ccc(Cl)cc2)CC1C. The Morgan fingerprint density at radius 1 is 1.26 bits per heavy atom. The highest BCUT2D eigenvalue weighted by Crippen LogP contribution is 2.22. The standard InChI is InChI=1S/C16H22ClNO/c1-12-7-9-18(11-13(12)2)10-8-16(19)14-3-5-15(17)6-4-14/h3-6,12-13H,7-11H2,1-2H3. The molecule has 1 saturated heterocycles. The fourth-order valence-corrected chi connectivity index (χ4v) is 2.72. The topological polar surface area (TPSA) is 20.3 Å². The molecule has 2 unspecified atom stereocenters. The Morgan fingerprint density at radius 3 is 2.58 bits per heavy atom. The van der Waals surface area contributed by atoms with Crippen LogP contribution in [0.3, 0.4) is 0 Å². The molecule has 0 N–H and O–H groups in total. The zero-order chi connectivity index (χ0) is 13.8. The smallest absolute Gasteiger partial charge is 0.164 e. The molecule has 0 saturated carbocycles. The molecule has 1 aliphatic heterocycles. The minimum absolute atomic E-state index is 0.211. The first-order valence-corrected chi connectivity index (χ1v) is 7.45. The number of benzene rings is 1. The Labute approximate surface area is 120 Å². The Kier molecular flexibility index (Phi) is 5.00. The van der Waals surface area contributed by atoms with Gasteiger partial charge in [-0.25, -0.2) is 0 Å². The predicted molar refractivity (Wildman–Crippen MR) is 79.8 cm³/mol. The summed E-state index contributed by atoms with van der Waals surface area (Å²) >= 11 is 5.83. The van der Waals surface area contributed by atoms with Gasteiger partial charge in [0.25, 0.3) is 0 Å². The van der Waals surface area contributed by atoms with Gasteiger partial charge >= 0.3 is 0 Å². The number of carbonyl (C=O) groups excluding carboxylic acids is 1. The van der Waals surface area contributed by atoms with Crippen molar-refractivity contribution in [1.82, 2.24) is 4.90 Å². The fourth-order valence-electron chi connectivity index (χ4n) is 2.59. The molecule has 19 heavy (non-hydrogen) atoms. The van der Waals surface area contributed by atoms with E-state index in [0.29, 0.717) is 11.4 Å². The number of hydrogen-bond donors (Lipinski definition) is 0. The lowest BCUT2D eigenvalue weighted by atomic mass is 9.88. The number of piperidine rings is 1. The van der Waals surface area contributed by atoms with Gasteiger partial charge in [0.05, 0.1) is 0 Å². The van der Waals surface area contributed by atoms with Crippen LogP contribution >= 0.6 is 11.6 Å². The van der Waals surface area contributed by atoms with Gasteiger partial charge in [-0.15, -0.1) is 0 Å². The van der Waals surface area contributed by atoms with Crippen molar-refractivity contribution < 1.29 is 4.79 Å². The molecule has 0 spiro atoms. The lowest BCUT2D eigenvalue weighted by Crippen LogP contribution is -2.39. The number of likely N-dealkylation sites (tertiary alicyclic amines) is 1. The molecule has 1 fully saturated rings. The molecule has 2 atom stereocenters. The molecular formula is C16H22ClNO. The van der Waals surface area contributed by atoms with E-state index >= 15 is 0 Å². The van der Waals surface area contributed by atoms with E-state index in [1.165, 1.54) is 6.42 Å². The van der Waals surface area contributed by atoms with Gasteiger partial charge in [-0.2, -0.15) is 0 Å². The minimum atomic E-state index is 0.211. The van der Waals surface area contributed by atoms with E-state index in [9.17, 15) is 4.79 Å². The van der Waals surface area contributed by atoms with Gasteiger partial charge in [-0.1, -0.05) is 25.4 Å². The summed E-state index contributed by atoms with van der Waals surface area (Å²) in [6, 6.07) is 7.18. The maximum absolute atomic E-state index is 12.1. The van der Waals surface area contributed by atoms with Crippen molar-refractivity contribution in [3.8, 4) is 0 Å². The Morgan fingerprint density at radius 2 is 1.95 bits per heavy atom. The third kappa shape index (κ3) is 4.05. The van der Waals surface area contributed by atoms with E-state index < -0.39 is 0 Å². The molecule has 3 heteroatoms. The molecule has 104 valence electrons. The van der Waals surface area contributed by atoms with E-state index in [-0.39, 0.29) is 5.78 Å². The summed E-state index contributed by atoms with van der Waals surface area (Å²) in [4.78, 5) is 14.5. The summed E-state index contributed by atoms with van der Waals surface area (Å²) in [6.45, 7) is 7.74. The van der Waals surface area contributed by atoms with Crippen LogP contribution in [-0.2, 0) is 0 Å². The van der Waals surface area contributed by atoms with Crippen molar-refractivity contribution in [3.63, 3.8) is 0 Å². The van der Waals surface area contributed by atoms with Crippen molar-refractivity contribution >= 4 is 17.4 Å². The van der Waals surface area contributed by atoms with E-state index in [1.807, 2.05) is 12.1 Å². The molecule has 0 aromatic heterocycles. The van der Waals surface area contributed by atoms with Crippen LogP contribution in [0, 0.1) is 11.8 Å². The Hall–Kier alpha value is -0.860. The second kappa shape index (κ2) is 6.53. The van der Waals surface area contributed by atoms with Crippen molar-refractivity contribution in [1.29, 1.82) is 0 Å². The van der Waals surface area contributed by atoms with Crippen molar-refractivity contribution in [2.75, 3.05) is 19.6 Å². The number of ketones is 1. The summed E-state index contributed by atoms with van der Waals surface area (Å²) in [5.74, 6) is 1.76. The molecule has 2 nitrogen and oxygen atoms in total. The van der Waals surface area contributed by atoms with E-state index in [4.69, 9.17) is 11.6 Å². The van der Waals surface area contributed by atoms with Crippen LogP contribution in [0.1, 0.15) is 37.0 Å². The fraction of sp³-hybridized carbons (Fsp3) is 0.562. The average Bonchev–Trinajstić information content (AvgIpc) is 2.40. The Balaban J connectivity index is 1.82. The third-order valence-corrected chi connectivity index (χ3v) is 4.49. The highest BCUT2D eigenvalue weighted by molar-refractivity contribution is 6.30. The minimum Gasteiger partial charge on any atom is -0.303 e. The molecule has 0 aliphatic carbocycles. The first-order chi connectivity index (χ1) is 9.06. The van der Waals surface area contributed by atoms with Crippen LogP contribution in [0.4, 0.5) is 0 Å². The van der Waals surface area contributed by atoms with Crippen LogP contribution < -0.4 is 0 Å². The van der Waals surface area contributed by atoms with Gasteiger partial charge in [0.2, 0.25) is 0 Å². The molecular weight excluding hydrogens is 258 g/mol. The van der Waals surface area contributed by atoms with Crippen LogP contribution in [0.5, 0.6) is 0 Å². The van der Waals surface area contributed by atoms with Crippen molar-refractivity contribution in [2.24, 2.45) is 11.8 Å². The van der Waals surface area contributed by atoms with Crippen molar-refractivity contribution in [3.05, 3.63) is 34.9 Å². The summed E-state index contributed by atoms with van der Waals surface area (Å²) in [7, 11) is 0. The quantitative estimate of drug-likeness (QED) is 0.780. The summed E-state index contributed by atoms with van der Waals surface area (Å²) in [6.07, 6.45) is 1.85. The van der Waals surface area contributed by atoms with Gasteiger partial charge in [-0.05, 0) is 49.1 Å². The summed E-state index contributed by atoms with van der Waals surface area (Å²) < 4.78 is 0. The monoisotopic (exact) mass is 279 g/mol. The molecule has 1 aliphatic rings. The highest BCUT2D eigenvalue weighted by atomic mass is 35.5. The van der Waals surface area contributed by atoms with Crippen LogP contribution in [0.15, 0.2) is 24.3 Å². The largest absolute Gasteiger partial charge is 0.303 e. The van der Waals surface area contributed by atoms with Crippen molar-refractivity contribution in [2.45, 2.75) is 26.7 Å². The predicted octanol–water partition coefficient (Wildman–Crippen LogP) is 3.89. The lowest BCUT2D eigenvalue weighted by molar-refractivity contribution is 0.0927. The molecule has 1 aromatic carbocycles. The van der Waals surface area contributed by atoms with Gasteiger partial charge in [0, 0.05) is 30.1 Å². The first-order valence-electron chi connectivity index (χ1n) is 7.07.